The van der Waals surface area contributed by atoms with Crippen molar-refractivity contribution in [2.75, 3.05) is 26.2 Å². The largest absolute Gasteiger partial charge is 0.508 e. The van der Waals surface area contributed by atoms with Crippen LogP contribution >= 0.6 is 24.8 Å². The lowest BCUT2D eigenvalue weighted by Crippen LogP contribution is -2.45. The summed E-state index contributed by atoms with van der Waals surface area (Å²) in [6.07, 6.45) is 3.64. The van der Waals surface area contributed by atoms with Crippen LogP contribution in [0.25, 0.3) is 0 Å². The summed E-state index contributed by atoms with van der Waals surface area (Å²) in [7, 11) is 0. The summed E-state index contributed by atoms with van der Waals surface area (Å²) in [6.45, 7) is 6.58. The molecule has 1 aromatic rings. The third-order valence-corrected chi connectivity index (χ3v) is 3.68. The van der Waals surface area contributed by atoms with Gasteiger partial charge in [-0.15, -0.1) is 24.8 Å². The zero-order chi connectivity index (χ0) is 12.8. The lowest BCUT2D eigenvalue weighted by Gasteiger charge is -2.35. The first-order valence-electron chi connectivity index (χ1n) is 7.05. The van der Waals surface area contributed by atoms with Gasteiger partial charge in [0.25, 0.3) is 0 Å². The fourth-order valence-electron chi connectivity index (χ4n) is 2.68. The molecule has 0 radical (unpaired) electrons. The van der Waals surface area contributed by atoms with Gasteiger partial charge in [-0.05, 0) is 24.1 Å². The number of nitrogens with zero attached hydrogens (tertiary/aromatic N) is 1. The maximum atomic E-state index is 9.65. The first-order valence-corrected chi connectivity index (χ1v) is 7.05. The zero-order valence-corrected chi connectivity index (χ0v) is 13.7. The average Bonchev–Trinajstić information content (AvgIpc) is 2.40. The number of aromatic hydroxyl groups is 1. The minimum Gasteiger partial charge on any atom is -0.508 e. The van der Waals surface area contributed by atoms with Crippen molar-refractivity contribution >= 4 is 24.8 Å². The number of unbranched alkanes of at least 4 members (excludes halogenated alkanes) is 1. The molecule has 1 aliphatic rings. The Morgan fingerprint density at radius 1 is 1.25 bits per heavy atom. The second-order valence-corrected chi connectivity index (χ2v) is 5.04. The van der Waals surface area contributed by atoms with Crippen molar-refractivity contribution in [1.29, 1.82) is 0 Å². The second kappa shape index (κ2) is 10.3. The summed E-state index contributed by atoms with van der Waals surface area (Å²) < 4.78 is 0. The Morgan fingerprint density at radius 2 is 1.95 bits per heavy atom. The summed E-state index contributed by atoms with van der Waals surface area (Å²) in [6, 6.07) is 8.22. The molecule has 116 valence electrons. The summed E-state index contributed by atoms with van der Waals surface area (Å²) >= 11 is 0. The van der Waals surface area contributed by atoms with Gasteiger partial charge in [0, 0.05) is 32.2 Å². The second-order valence-electron chi connectivity index (χ2n) is 5.04. The Labute approximate surface area is 134 Å². The number of rotatable bonds is 5. The van der Waals surface area contributed by atoms with Gasteiger partial charge < -0.3 is 10.4 Å². The van der Waals surface area contributed by atoms with Gasteiger partial charge in [-0.2, -0.15) is 0 Å². The Balaban J connectivity index is 0.00000180. The lowest BCUT2D eigenvalue weighted by atomic mass is 9.98. The van der Waals surface area contributed by atoms with E-state index in [1.54, 1.807) is 6.07 Å². The molecule has 0 aliphatic carbocycles. The predicted octanol–water partition coefficient (Wildman–Crippen LogP) is 3.37. The van der Waals surface area contributed by atoms with E-state index in [-0.39, 0.29) is 24.8 Å². The first-order chi connectivity index (χ1) is 8.81. The van der Waals surface area contributed by atoms with Gasteiger partial charge >= 0.3 is 0 Å². The van der Waals surface area contributed by atoms with Crippen molar-refractivity contribution in [3.8, 4) is 5.75 Å². The van der Waals surface area contributed by atoms with Gasteiger partial charge in [-0.1, -0.05) is 31.9 Å². The van der Waals surface area contributed by atoms with Crippen LogP contribution in [0.2, 0.25) is 0 Å². The van der Waals surface area contributed by atoms with Crippen LogP contribution in [0.1, 0.15) is 37.8 Å². The number of nitrogens with one attached hydrogen (secondary N) is 1. The fourth-order valence-corrected chi connectivity index (χ4v) is 2.68. The van der Waals surface area contributed by atoms with Crippen LogP contribution in [0, 0.1) is 0 Å². The molecule has 0 amide bonds. The summed E-state index contributed by atoms with van der Waals surface area (Å²) in [5.74, 6) is 0.379. The Bertz CT molecular complexity index is 371. The Morgan fingerprint density at radius 3 is 2.55 bits per heavy atom. The van der Waals surface area contributed by atoms with E-state index in [9.17, 15) is 5.11 Å². The minimum absolute atomic E-state index is 0. The van der Waals surface area contributed by atoms with E-state index in [0.29, 0.717) is 11.8 Å². The van der Waals surface area contributed by atoms with Crippen LogP contribution in [0.3, 0.4) is 0 Å². The molecule has 0 unspecified atom stereocenters. The summed E-state index contributed by atoms with van der Waals surface area (Å²) in [5.41, 5.74) is 1.25. The lowest BCUT2D eigenvalue weighted by molar-refractivity contribution is 0.163. The smallest absolute Gasteiger partial charge is 0.115 e. The molecule has 5 heteroatoms. The van der Waals surface area contributed by atoms with Crippen molar-refractivity contribution in [3.05, 3.63) is 29.8 Å². The van der Waals surface area contributed by atoms with E-state index in [1.807, 2.05) is 12.1 Å². The zero-order valence-electron chi connectivity index (χ0n) is 12.0. The van der Waals surface area contributed by atoms with Crippen LogP contribution in [0.5, 0.6) is 5.75 Å². The van der Waals surface area contributed by atoms with Crippen molar-refractivity contribution < 1.29 is 5.11 Å². The van der Waals surface area contributed by atoms with Crippen molar-refractivity contribution in [2.45, 2.75) is 32.2 Å². The maximum Gasteiger partial charge on any atom is 0.115 e. The van der Waals surface area contributed by atoms with Gasteiger partial charge in [0.05, 0.1) is 0 Å². The maximum absolute atomic E-state index is 9.65. The topological polar surface area (TPSA) is 35.5 Å². The normalized spacial score (nSPS) is 16.9. The molecule has 0 spiro atoms. The highest BCUT2D eigenvalue weighted by atomic mass is 35.5. The molecule has 1 saturated heterocycles. The summed E-state index contributed by atoms with van der Waals surface area (Å²) in [5, 5.41) is 13.1. The number of benzene rings is 1. The monoisotopic (exact) mass is 320 g/mol. The van der Waals surface area contributed by atoms with Crippen LogP contribution in [-0.4, -0.2) is 36.2 Å². The van der Waals surface area contributed by atoms with Gasteiger partial charge in [0.15, 0.2) is 0 Å². The predicted molar refractivity (Wildman–Crippen MR) is 89.3 cm³/mol. The Hall–Kier alpha value is -0.480. The van der Waals surface area contributed by atoms with Crippen molar-refractivity contribution in [2.24, 2.45) is 0 Å². The molecule has 3 nitrogen and oxygen atoms in total. The molecule has 1 aliphatic heterocycles. The molecule has 1 heterocycles. The molecule has 2 rings (SSSR count). The van der Waals surface area contributed by atoms with E-state index >= 15 is 0 Å². The van der Waals surface area contributed by atoms with Gasteiger partial charge in [0.1, 0.15) is 5.75 Å². The highest BCUT2D eigenvalue weighted by Crippen LogP contribution is 2.28. The number of phenols is 1. The summed E-state index contributed by atoms with van der Waals surface area (Å²) in [4.78, 5) is 2.54. The molecular weight excluding hydrogens is 295 g/mol. The number of hydrogen-bond donors (Lipinski definition) is 2. The number of hydrogen-bond acceptors (Lipinski definition) is 3. The number of piperazine rings is 1. The van der Waals surface area contributed by atoms with Gasteiger partial charge in [-0.25, -0.2) is 0 Å². The molecule has 1 aromatic carbocycles. The molecule has 0 bridgehead atoms. The van der Waals surface area contributed by atoms with Crippen LogP contribution < -0.4 is 5.32 Å². The molecule has 1 atom stereocenters. The number of halogens is 2. The Kier molecular flexibility index (Phi) is 10.0. The average molecular weight is 321 g/mol. The SMILES string of the molecule is CCCC[C@H](c1cccc(O)c1)N1CCNCC1.Cl.Cl. The van der Waals surface area contributed by atoms with Crippen molar-refractivity contribution in [3.63, 3.8) is 0 Å². The van der Waals surface area contributed by atoms with E-state index in [4.69, 9.17) is 0 Å². The molecule has 0 aromatic heterocycles. The highest BCUT2D eigenvalue weighted by molar-refractivity contribution is 5.85. The quantitative estimate of drug-likeness (QED) is 0.873. The van der Waals surface area contributed by atoms with Crippen molar-refractivity contribution in [1.82, 2.24) is 10.2 Å². The molecule has 0 saturated carbocycles. The van der Waals surface area contributed by atoms with Gasteiger partial charge in [0.2, 0.25) is 0 Å². The number of phenolic OH excluding ortho intramolecular Hbond substituents is 1. The third-order valence-electron chi connectivity index (χ3n) is 3.68. The minimum atomic E-state index is 0. The van der Waals surface area contributed by atoms with E-state index in [2.05, 4.69) is 23.2 Å². The fraction of sp³-hybridized carbons (Fsp3) is 0.600. The van der Waals surface area contributed by atoms with Crippen LogP contribution in [0.15, 0.2) is 24.3 Å². The van der Waals surface area contributed by atoms with E-state index in [1.165, 1.54) is 24.8 Å². The standard InChI is InChI=1S/C15H24N2O.2ClH/c1-2-3-7-15(17-10-8-16-9-11-17)13-5-4-6-14(18)12-13;;/h4-6,12,15-16,18H,2-3,7-11H2,1H3;2*1H/t15-;;/m1../s1. The van der Waals surface area contributed by atoms with Gasteiger partial charge in [-0.3, -0.25) is 4.90 Å². The highest BCUT2D eigenvalue weighted by Gasteiger charge is 2.21. The molecule has 1 fully saturated rings. The molecule has 2 N–H and O–H groups in total. The molecular formula is C15H26Cl2N2O. The first kappa shape index (κ1) is 19.5. The van der Waals surface area contributed by atoms with Crippen LogP contribution in [0.4, 0.5) is 0 Å². The van der Waals surface area contributed by atoms with Crippen LogP contribution in [-0.2, 0) is 0 Å². The molecule has 20 heavy (non-hydrogen) atoms. The third kappa shape index (κ3) is 5.49. The van der Waals surface area contributed by atoms with E-state index < -0.39 is 0 Å². The van der Waals surface area contributed by atoms with E-state index in [0.717, 1.165) is 26.2 Å².